The van der Waals surface area contributed by atoms with Crippen molar-refractivity contribution >= 4 is 11.6 Å². The highest BCUT2D eigenvalue weighted by molar-refractivity contribution is 5.90. The molecule has 2 heterocycles. The Bertz CT molecular complexity index is 748. The lowest BCUT2D eigenvalue weighted by Crippen LogP contribution is -2.32. The molecule has 1 aliphatic heterocycles. The third-order valence-corrected chi connectivity index (χ3v) is 5.01. The Balaban J connectivity index is 1.51. The highest BCUT2D eigenvalue weighted by Crippen LogP contribution is 2.26. The van der Waals surface area contributed by atoms with E-state index in [4.69, 9.17) is 4.74 Å². The van der Waals surface area contributed by atoms with E-state index in [1.54, 1.807) is 12.3 Å². The lowest BCUT2D eigenvalue weighted by Gasteiger charge is -2.27. The molecule has 1 saturated heterocycles. The molecule has 0 saturated carbocycles. The number of benzene rings is 1. The van der Waals surface area contributed by atoms with Gasteiger partial charge in [0.05, 0.1) is 5.69 Å². The van der Waals surface area contributed by atoms with Gasteiger partial charge in [-0.05, 0) is 62.0 Å². The number of rotatable bonds is 7. The van der Waals surface area contributed by atoms with Gasteiger partial charge in [-0.15, -0.1) is 0 Å². The van der Waals surface area contributed by atoms with Gasteiger partial charge in [0.2, 0.25) is 5.91 Å². The van der Waals surface area contributed by atoms with E-state index in [0.29, 0.717) is 23.9 Å². The van der Waals surface area contributed by atoms with Crippen LogP contribution in [0.1, 0.15) is 31.9 Å². The number of hydrogen-bond acceptors (Lipinski definition) is 4. The van der Waals surface area contributed by atoms with E-state index in [2.05, 4.69) is 22.5 Å². The van der Waals surface area contributed by atoms with Crippen LogP contribution >= 0.6 is 0 Å². The topological polar surface area (TPSA) is 63.2 Å². The van der Waals surface area contributed by atoms with Crippen molar-refractivity contribution in [2.75, 3.05) is 18.4 Å². The molecule has 0 radical (unpaired) electrons. The molecule has 1 fully saturated rings. The second-order valence-electron chi connectivity index (χ2n) is 7.07. The molecule has 2 aromatic rings. The number of aromatic nitrogens is 1. The van der Waals surface area contributed by atoms with Crippen molar-refractivity contribution in [1.82, 2.24) is 10.3 Å². The predicted molar refractivity (Wildman–Crippen MR) is 103 cm³/mol. The molecule has 144 valence electrons. The van der Waals surface area contributed by atoms with Gasteiger partial charge in [0.1, 0.15) is 6.61 Å². The minimum atomic E-state index is -0.505. The third kappa shape index (κ3) is 5.76. The highest BCUT2D eigenvalue weighted by Gasteiger charge is 2.22. The lowest BCUT2D eigenvalue weighted by molar-refractivity contribution is -0.117. The SMILES string of the molecule is CC(CC(=O)Nc1ccc(OCc2ccccn2)c(F)c1)C1CCNCC1. The number of anilines is 1. The summed E-state index contributed by atoms with van der Waals surface area (Å²) < 4.78 is 19.7. The number of ether oxygens (including phenoxy) is 1. The molecule has 6 heteroatoms. The van der Waals surface area contributed by atoms with Gasteiger partial charge in [-0.1, -0.05) is 13.0 Å². The quantitative estimate of drug-likeness (QED) is 0.778. The van der Waals surface area contributed by atoms with Gasteiger partial charge < -0.3 is 15.4 Å². The molecule has 2 N–H and O–H groups in total. The van der Waals surface area contributed by atoms with Crippen molar-refractivity contribution in [2.45, 2.75) is 32.8 Å². The fourth-order valence-electron chi connectivity index (χ4n) is 3.42. The van der Waals surface area contributed by atoms with E-state index < -0.39 is 5.82 Å². The lowest BCUT2D eigenvalue weighted by atomic mass is 9.84. The van der Waals surface area contributed by atoms with Gasteiger partial charge >= 0.3 is 0 Å². The Morgan fingerprint density at radius 1 is 1.33 bits per heavy atom. The molecule has 27 heavy (non-hydrogen) atoms. The highest BCUT2D eigenvalue weighted by atomic mass is 19.1. The third-order valence-electron chi connectivity index (χ3n) is 5.01. The van der Waals surface area contributed by atoms with Crippen molar-refractivity contribution in [3.63, 3.8) is 0 Å². The Labute approximate surface area is 159 Å². The molecular weight excluding hydrogens is 345 g/mol. The largest absolute Gasteiger partial charge is 0.484 e. The van der Waals surface area contributed by atoms with Crippen LogP contribution in [0.4, 0.5) is 10.1 Å². The van der Waals surface area contributed by atoms with Crippen LogP contribution in [-0.2, 0) is 11.4 Å². The second kappa shape index (κ2) is 9.46. The average Bonchev–Trinajstić information content (AvgIpc) is 2.68. The molecule has 1 aromatic heterocycles. The van der Waals surface area contributed by atoms with Crippen LogP contribution in [0.5, 0.6) is 5.75 Å². The van der Waals surface area contributed by atoms with Crippen LogP contribution in [0, 0.1) is 17.7 Å². The number of carbonyl (C=O) groups is 1. The van der Waals surface area contributed by atoms with E-state index >= 15 is 0 Å². The van der Waals surface area contributed by atoms with Gasteiger partial charge in [-0.25, -0.2) is 4.39 Å². The smallest absolute Gasteiger partial charge is 0.224 e. The number of carbonyl (C=O) groups excluding carboxylic acids is 1. The minimum Gasteiger partial charge on any atom is -0.484 e. The van der Waals surface area contributed by atoms with Crippen molar-refractivity contribution in [3.8, 4) is 5.75 Å². The molecule has 1 atom stereocenters. The first-order valence-electron chi connectivity index (χ1n) is 9.44. The Hall–Kier alpha value is -2.47. The number of amides is 1. The summed E-state index contributed by atoms with van der Waals surface area (Å²) in [6.45, 7) is 4.34. The van der Waals surface area contributed by atoms with Gasteiger partial charge in [-0.3, -0.25) is 9.78 Å². The van der Waals surface area contributed by atoms with Crippen LogP contribution in [0.3, 0.4) is 0 Å². The molecule has 0 aliphatic carbocycles. The zero-order chi connectivity index (χ0) is 19.1. The molecule has 0 bridgehead atoms. The summed E-state index contributed by atoms with van der Waals surface area (Å²) in [5.41, 5.74) is 1.17. The van der Waals surface area contributed by atoms with E-state index in [0.717, 1.165) is 31.6 Å². The molecule has 1 unspecified atom stereocenters. The minimum absolute atomic E-state index is 0.0809. The Morgan fingerprint density at radius 3 is 2.85 bits per heavy atom. The number of pyridine rings is 1. The summed E-state index contributed by atoms with van der Waals surface area (Å²) in [6, 6.07) is 9.96. The summed E-state index contributed by atoms with van der Waals surface area (Å²) in [6.07, 6.45) is 4.32. The van der Waals surface area contributed by atoms with Crippen LogP contribution in [0.25, 0.3) is 0 Å². The van der Waals surface area contributed by atoms with Crippen molar-refractivity contribution in [1.29, 1.82) is 0 Å². The number of hydrogen-bond donors (Lipinski definition) is 2. The first-order chi connectivity index (χ1) is 13.1. The van der Waals surface area contributed by atoms with Crippen LogP contribution in [-0.4, -0.2) is 24.0 Å². The summed E-state index contributed by atoms with van der Waals surface area (Å²) in [4.78, 5) is 16.4. The van der Waals surface area contributed by atoms with Crippen molar-refractivity contribution in [3.05, 3.63) is 54.1 Å². The fraction of sp³-hybridized carbons (Fsp3) is 0.429. The molecule has 1 aromatic carbocycles. The zero-order valence-corrected chi connectivity index (χ0v) is 15.6. The number of halogens is 1. The van der Waals surface area contributed by atoms with Crippen molar-refractivity contribution < 1.29 is 13.9 Å². The second-order valence-corrected chi connectivity index (χ2v) is 7.07. The van der Waals surface area contributed by atoms with E-state index in [-0.39, 0.29) is 18.3 Å². The molecule has 0 spiro atoms. The number of nitrogens with zero attached hydrogens (tertiary/aromatic N) is 1. The first-order valence-corrected chi connectivity index (χ1v) is 9.44. The van der Waals surface area contributed by atoms with Crippen molar-refractivity contribution in [2.24, 2.45) is 11.8 Å². The van der Waals surface area contributed by atoms with Crippen LogP contribution in [0.15, 0.2) is 42.6 Å². The molecule has 5 nitrogen and oxygen atoms in total. The standard InChI is InChI=1S/C21H26FN3O2/c1-15(16-7-10-23-11-8-16)12-21(26)25-17-5-6-20(19(22)13-17)27-14-18-4-2-3-9-24-18/h2-6,9,13,15-16,23H,7-8,10-12,14H2,1H3,(H,25,26). The molecular formula is C21H26FN3O2. The van der Waals surface area contributed by atoms with E-state index in [1.165, 1.54) is 12.1 Å². The number of nitrogens with one attached hydrogen (secondary N) is 2. The number of piperidine rings is 1. The molecule has 3 rings (SSSR count). The van der Waals surface area contributed by atoms with E-state index in [1.807, 2.05) is 18.2 Å². The molecule has 1 aliphatic rings. The maximum atomic E-state index is 14.3. The van der Waals surface area contributed by atoms with Gasteiger partial charge in [-0.2, -0.15) is 0 Å². The predicted octanol–water partition coefficient (Wildman–Crippen LogP) is 3.76. The summed E-state index contributed by atoms with van der Waals surface area (Å²) >= 11 is 0. The van der Waals surface area contributed by atoms with E-state index in [9.17, 15) is 9.18 Å². The Morgan fingerprint density at radius 2 is 2.15 bits per heavy atom. The maximum absolute atomic E-state index is 14.3. The fourth-order valence-corrected chi connectivity index (χ4v) is 3.42. The monoisotopic (exact) mass is 371 g/mol. The van der Waals surface area contributed by atoms with Gasteiger partial charge in [0, 0.05) is 24.4 Å². The zero-order valence-electron chi connectivity index (χ0n) is 15.6. The van der Waals surface area contributed by atoms with Crippen LogP contribution in [0.2, 0.25) is 0 Å². The van der Waals surface area contributed by atoms with Gasteiger partial charge in [0.25, 0.3) is 0 Å². The maximum Gasteiger partial charge on any atom is 0.224 e. The summed E-state index contributed by atoms with van der Waals surface area (Å²) in [5.74, 6) is 0.438. The van der Waals surface area contributed by atoms with Crippen LogP contribution < -0.4 is 15.4 Å². The molecule has 1 amide bonds. The Kier molecular flexibility index (Phi) is 6.76. The summed E-state index contributed by atoms with van der Waals surface area (Å²) in [7, 11) is 0. The normalized spacial score (nSPS) is 15.9. The van der Waals surface area contributed by atoms with Gasteiger partial charge in [0.15, 0.2) is 11.6 Å². The summed E-state index contributed by atoms with van der Waals surface area (Å²) in [5, 5.41) is 6.13. The average molecular weight is 371 g/mol. The first kappa shape index (κ1) is 19.3.